The molecular formula is C14H14BrFN2O2S. The summed E-state index contributed by atoms with van der Waals surface area (Å²) in [6.45, 7) is 5.66. The number of benzene rings is 1. The number of nitrogens with one attached hydrogen (secondary N) is 1. The Morgan fingerprint density at radius 3 is 2.86 bits per heavy atom. The van der Waals surface area contributed by atoms with Crippen LogP contribution in [0, 0.1) is 19.7 Å². The normalized spacial score (nSPS) is 10.5. The van der Waals surface area contributed by atoms with Crippen molar-refractivity contribution in [2.75, 3.05) is 11.9 Å². The van der Waals surface area contributed by atoms with E-state index in [0.717, 1.165) is 16.1 Å². The van der Waals surface area contributed by atoms with Gasteiger partial charge in [-0.25, -0.2) is 14.2 Å². The van der Waals surface area contributed by atoms with Gasteiger partial charge in [-0.2, -0.15) is 0 Å². The molecule has 4 nitrogen and oxygen atoms in total. The lowest BCUT2D eigenvalue weighted by atomic mass is 10.2. The van der Waals surface area contributed by atoms with Gasteiger partial charge in [0.25, 0.3) is 0 Å². The number of ether oxygens (including phenoxy) is 1. The number of carbonyl (C=O) groups excluding carboxylic acids is 1. The molecule has 2 aromatic rings. The summed E-state index contributed by atoms with van der Waals surface area (Å²) in [5.74, 6) is -0.753. The van der Waals surface area contributed by atoms with Crippen LogP contribution in [0.15, 0.2) is 16.6 Å². The Balaban J connectivity index is 2.27. The number of thiazole rings is 1. The number of aromatic nitrogens is 1. The first kappa shape index (κ1) is 15.9. The highest BCUT2D eigenvalue weighted by Gasteiger charge is 2.17. The molecule has 0 aliphatic rings. The fraction of sp³-hybridized carbons (Fsp3) is 0.286. The molecule has 1 aromatic heterocycles. The fourth-order valence-corrected chi connectivity index (χ4v) is 2.89. The molecule has 0 aliphatic heterocycles. The van der Waals surface area contributed by atoms with Crippen LogP contribution in [0.25, 0.3) is 0 Å². The van der Waals surface area contributed by atoms with Crippen molar-refractivity contribution in [3.8, 4) is 0 Å². The summed E-state index contributed by atoms with van der Waals surface area (Å²) < 4.78 is 18.7. The van der Waals surface area contributed by atoms with E-state index in [1.54, 1.807) is 19.9 Å². The van der Waals surface area contributed by atoms with Gasteiger partial charge in [0.2, 0.25) is 0 Å². The van der Waals surface area contributed by atoms with E-state index < -0.39 is 5.97 Å². The molecule has 0 unspecified atom stereocenters. The number of aryl methyl sites for hydroxylation is 2. The van der Waals surface area contributed by atoms with Gasteiger partial charge in [0.1, 0.15) is 5.82 Å². The van der Waals surface area contributed by atoms with Crippen LogP contribution in [0.2, 0.25) is 0 Å². The first-order valence-corrected chi connectivity index (χ1v) is 7.90. The van der Waals surface area contributed by atoms with Crippen LogP contribution in [-0.4, -0.2) is 17.6 Å². The molecule has 21 heavy (non-hydrogen) atoms. The predicted octanol–water partition coefficient (Wildman–Crippen LogP) is 4.58. The summed E-state index contributed by atoms with van der Waals surface area (Å²) >= 11 is 4.50. The third-order valence-electron chi connectivity index (χ3n) is 2.77. The summed E-state index contributed by atoms with van der Waals surface area (Å²) in [4.78, 5) is 16.7. The van der Waals surface area contributed by atoms with Gasteiger partial charge in [-0.3, -0.25) is 0 Å². The minimum atomic E-state index is -0.434. The molecule has 7 heteroatoms. The average molecular weight is 373 g/mol. The van der Waals surface area contributed by atoms with Crippen molar-refractivity contribution in [2.45, 2.75) is 20.8 Å². The average Bonchev–Trinajstić information content (AvgIpc) is 2.77. The van der Waals surface area contributed by atoms with Crippen LogP contribution in [-0.2, 0) is 4.74 Å². The summed E-state index contributed by atoms with van der Waals surface area (Å²) in [6.07, 6.45) is 0. The van der Waals surface area contributed by atoms with Crippen molar-refractivity contribution in [3.05, 3.63) is 38.6 Å². The van der Waals surface area contributed by atoms with Crippen molar-refractivity contribution in [1.29, 1.82) is 0 Å². The minimum Gasteiger partial charge on any atom is -0.461 e. The fourth-order valence-electron chi connectivity index (χ4n) is 1.73. The van der Waals surface area contributed by atoms with Crippen LogP contribution in [0.3, 0.4) is 0 Å². The Morgan fingerprint density at radius 2 is 2.19 bits per heavy atom. The molecule has 112 valence electrons. The third kappa shape index (κ3) is 3.59. The second-order valence-corrected chi connectivity index (χ2v) is 6.41. The molecule has 0 saturated heterocycles. The van der Waals surface area contributed by atoms with E-state index in [9.17, 15) is 9.18 Å². The van der Waals surface area contributed by atoms with Gasteiger partial charge in [-0.05, 0) is 54.4 Å². The first-order chi connectivity index (χ1) is 9.92. The second-order valence-electron chi connectivity index (χ2n) is 4.35. The largest absolute Gasteiger partial charge is 0.461 e. The van der Waals surface area contributed by atoms with Gasteiger partial charge >= 0.3 is 5.97 Å². The minimum absolute atomic E-state index is 0.308. The zero-order chi connectivity index (χ0) is 15.6. The quantitative estimate of drug-likeness (QED) is 0.797. The number of rotatable bonds is 4. The molecule has 0 spiro atoms. The number of hydrogen-bond acceptors (Lipinski definition) is 5. The zero-order valence-electron chi connectivity index (χ0n) is 11.8. The maximum atomic E-state index is 13.4. The smallest absolute Gasteiger partial charge is 0.358 e. The van der Waals surface area contributed by atoms with E-state index in [4.69, 9.17) is 4.74 Å². The SMILES string of the molecule is CCOC(=O)c1nc(Nc2cc(Br)c(F)cc2C)sc1C. The molecule has 0 radical (unpaired) electrons. The molecule has 2 rings (SSSR count). The maximum absolute atomic E-state index is 13.4. The molecule has 0 amide bonds. The highest BCUT2D eigenvalue weighted by molar-refractivity contribution is 9.10. The van der Waals surface area contributed by atoms with Gasteiger partial charge in [-0.1, -0.05) is 0 Å². The van der Waals surface area contributed by atoms with Crippen LogP contribution in [0.5, 0.6) is 0 Å². The Morgan fingerprint density at radius 1 is 1.48 bits per heavy atom. The van der Waals surface area contributed by atoms with E-state index >= 15 is 0 Å². The van der Waals surface area contributed by atoms with Crippen molar-refractivity contribution in [2.24, 2.45) is 0 Å². The van der Waals surface area contributed by atoms with E-state index in [2.05, 4.69) is 26.2 Å². The van der Waals surface area contributed by atoms with Crippen LogP contribution in [0.4, 0.5) is 15.2 Å². The standard InChI is InChI=1S/C14H14BrFN2O2S/c1-4-20-13(19)12-8(3)21-14(18-12)17-11-6-9(15)10(16)5-7(11)2/h5-6H,4H2,1-3H3,(H,17,18). The van der Waals surface area contributed by atoms with E-state index in [1.807, 2.05) is 6.92 Å². The lowest BCUT2D eigenvalue weighted by Gasteiger charge is -2.08. The summed E-state index contributed by atoms with van der Waals surface area (Å²) in [5.41, 5.74) is 1.79. The number of hydrogen-bond donors (Lipinski definition) is 1. The molecule has 0 fully saturated rings. The number of halogens is 2. The van der Waals surface area contributed by atoms with E-state index in [1.165, 1.54) is 17.4 Å². The summed E-state index contributed by atoms with van der Waals surface area (Å²) in [7, 11) is 0. The highest BCUT2D eigenvalue weighted by Crippen LogP contribution is 2.30. The Bertz CT molecular complexity index is 688. The Hall–Kier alpha value is -1.47. The predicted molar refractivity (Wildman–Crippen MR) is 84.9 cm³/mol. The zero-order valence-corrected chi connectivity index (χ0v) is 14.2. The van der Waals surface area contributed by atoms with Gasteiger partial charge in [0, 0.05) is 10.6 Å². The maximum Gasteiger partial charge on any atom is 0.358 e. The monoisotopic (exact) mass is 372 g/mol. The molecule has 0 aliphatic carbocycles. The molecule has 0 bridgehead atoms. The van der Waals surface area contributed by atoms with Crippen molar-refractivity contribution in [3.63, 3.8) is 0 Å². The molecule has 0 saturated carbocycles. The van der Waals surface area contributed by atoms with Gasteiger partial charge in [0.05, 0.1) is 11.1 Å². The van der Waals surface area contributed by atoms with Gasteiger partial charge in [-0.15, -0.1) is 11.3 Å². The first-order valence-electron chi connectivity index (χ1n) is 6.29. The number of anilines is 2. The molecule has 1 aromatic carbocycles. The topological polar surface area (TPSA) is 51.2 Å². The lowest BCUT2D eigenvalue weighted by molar-refractivity contribution is 0.0519. The van der Waals surface area contributed by atoms with Crippen molar-refractivity contribution in [1.82, 2.24) is 4.98 Å². The molecule has 1 heterocycles. The van der Waals surface area contributed by atoms with Crippen molar-refractivity contribution < 1.29 is 13.9 Å². The third-order valence-corrected chi connectivity index (χ3v) is 4.27. The number of nitrogens with zero attached hydrogens (tertiary/aromatic N) is 1. The summed E-state index contributed by atoms with van der Waals surface area (Å²) in [6, 6.07) is 3.07. The molecule has 1 N–H and O–H groups in total. The highest BCUT2D eigenvalue weighted by atomic mass is 79.9. The lowest BCUT2D eigenvalue weighted by Crippen LogP contribution is -2.06. The Labute approximate surface area is 134 Å². The number of carbonyl (C=O) groups is 1. The molecule has 0 atom stereocenters. The van der Waals surface area contributed by atoms with Crippen LogP contribution in [0.1, 0.15) is 27.9 Å². The van der Waals surface area contributed by atoms with E-state index in [-0.39, 0.29) is 5.82 Å². The second kappa shape index (κ2) is 6.53. The Kier molecular flexibility index (Phi) is 4.95. The van der Waals surface area contributed by atoms with Crippen LogP contribution < -0.4 is 5.32 Å². The molecular weight excluding hydrogens is 359 g/mol. The summed E-state index contributed by atoms with van der Waals surface area (Å²) in [5, 5.41) is 3.67. The van der Waals surface area contributed by atoms with Gasteiger partial charge < -0.3 is 10.1 Å². The van der Waals surface area contributed by atoms with Crippen molar-refractivity contribution >= 4 is 44.1 Å². The van der Waals surface area contributed by atoms with Gasteiger partial charge in [0.15, 0.2) is 10.8 Å². The van der Waals surface area contributed by atoms with E-state index in [0.29, 0.717) is 21.9 Å². The number of esters is 1. The van der Waals surface area contributed by atoms with Crippen LogP contribution >= 0.6 is 27.3 Å².